The van der Waals surface area contributed by atoms with Crippen LogP contribution in [0.4, 0.5) is 89.7 Å². The van der Waals surface area contributed by atoms with Crippen LogP contribution in [0.25, 0.3) is 22.3 Å². The Kier molecular flexibility index (Phi) is 5.94. The highest BCUT2D eigenvalue weighted by Gasteiger charge is 2.50. The minimum absolute atomic E-state index is 0.238. The molecule has 14 aromatic carbocycles. The van der Waals surface area contributed by atoms with E-state index in [4.69, 9.17) is 16.4 Å². The van der Waals surface area contributed by atoms with Gasteiger partial charge in [0.2, 0.25) is 6.71 Å². The quantitative estimate of drug-likeness (QED) is 0.119. The third kappa shape index (κ3) is 8.87. The van der Waals surface area contributed by atoms with Gasteiger partial charge in [-0.3, -0.25) is 0 Å². The predicted molar refractivity (Wildman–Crippen MR) is 391 cm³/mol. The first kappa shape index (κ1) is 24.6. The van der Waals surface area contributed by atoms with E-state index in [9.17, 15) is 49.3 Å². The van der Waals surface area contributed by atoms with Crippen LogP contribution in [-0.2, 0) is 0 Å². The van der Waals surface area contributed by atoms with Gasteiger partial charge in [-0.2, -0.15) is 0 Å². The summed E-state index contributed by atoms with van der Waals surface area (Å²) in [6, 6.07) is -47.6. The van der Waals surface area contributed by atoms with E-state index in [0.717, 1.165) is 58.3 Å². The number of hydrogen-bond donors (Lipinski definition) is 0. The van der Waals surface area contributed by atoms with E-state index < -0.39 is 459 Å². The second-order valence-corrected chi connectivity index (χ2v) is 21.6. The first-order valence-electron chi connectivity index (χ1n) is 51.8. The third-order valence-electron chi connectivity index (χ3n) is 15.8. The summed E-state index contributed by atoms with van der Waals surface area (Å²) >= 11 is 0.238. The first-order chi connectivity index (χ1) is 66.0. The molecule has 0 bridgehead atoms. The van der Waals surface area contributed by atoms with Gasteiger partial charge >= 0.3 is 0 Å². The van der Waals surface area contributed by atoms with Gasteiger partial charge in [-0.15, -0.1) is 0 Å². The molecule has 0 spiro atoms. The van der Waals surface area contributed by atoms with Crippen LogP contribution in [-0.4, -0.2) is 13.4 Å². The Labute approximate surface area is 613 Å². The molecule has 14 aromatic rings. The average molecular weight is 1260 g/mol. The van der Waals surface area contributed by atoms with E-state index in [-0.39, 0.29) is 11.8 Å². The van der Waals surface area contributed by atoms with Crippen LogP contribution in [0.3, 0.4) is 0 Å². The molecule has 0 atom stereocenters. The summed E-state index contributed by atoms with van der Waals surface area (Å²) in [6.45, 7) is -4.56. The highest BCUT2D eigenvalue weighted by Crippen LogP contribution is 2.55. The number of rotatable bonds is 11. The molecule has 93 heavy (non-hydrogen) atoms. The lowest BCUT2D eigenvalue weighted by Gasteiger charge is -2.47. The number of hydrogen-bond acceptors (Lipinski definition) is 6. The molecule has 4 aliphatic heterocycles. The fourth-order valence-corrected chi connectivity index (χ4v) is 13.6. The third-order valence-corrected chi connectivity index (χ3v) is 17.0. The van der Waals surface area contributed by atoms with Crippen LogP contribution >= 0.6 is 11.8 Å². The van der Waals surface area contributed by atoms with Crippen molar-refractivity contribution in [2.75, 3.05) is 24.5 Å². The van der Waals surface area contributed by atoms with Crippen LogP contribution < -0.4 is 57.3 Å². The Bertz CT molecular complexity index is 7770. The number of benzene rings is 14. The van der Waals surface area contributed by atoms with Gasteiger partial charge in [-0.25, -0.2) is 4.39 Å². The lowest BCUT2D eigenvalue weighted by atomic mass is 9.31. The summed E-state index contributed by atoms with van der Waals surface area (Å²) in [6.07, 6.45) is 0. The Balaban J connectivity index is 1.14. The minimum atomic E-state index is -2.37. The van der Waals surface area contributed by atoms with Crippen molar-refractivity contribution in [2.24, 2.45) is 0 Å². The average Bonchev–Trinajstić information content (AvgIpc) is 0.669. The predicted octanol–water partition coefficient (Wildman–Crippen LogP) is 18.9. The molecule has 0 N–H and O–H groups in total. The standard InChI is InChI=1S/C84H56B2FN5S/c87-81-83-71(56-72-84(81)93-78-55-66(89(61-38-17-5-18-39-61)62-40-19-6-20-41-62)54-77-80(78)86(72)70-49-26-28-51-74(70)91(77)64-44-23-8-24-45-64)85-69-48-25-27-50-73(69)90(63-42-21-7-22-43-63)75-52-65(88(59-34-13-3-14-35-59)60-36-15-4-16-37-60)53-76(79(75)85)92(83)82-67(57-30-9-1-10-31-57)46-29-47-68(82)58-32-11-2-12-33-58/h1-56H/i1D,2D,3D,4D,5D,6D,7D,8D,9D,10D,11D,12D,13D,14D,15D,16D,17D,18D,19D,20D,21D,22D,23D,24D,25D,26D,27D,28D,30D,31D,32D,33D,34D,35D,36D,37D,38D,39D,40D,41D,42D,43D,44D,45D,48D,49D,50D,51D. The maximum absolute atomic E-state index is 22.4. The molecule has 0 fully saturated rings. The van der Waals surface area contributed by atoms with E-state index in [0.29, 0.717) is 14.7 Å². The topological polar surface area (TPSA) is 16.2 Å². The molecule has 0 unspecified atom stereocenters. The zero-order chi connectivity index (χ0) is 103. The molecule has 0 aromatic heterocycles. The fraction of sp³-hybridized carbons (Fsp3) is 0. The van der Waals surface area contributed by atoms with Gasteiger partial charge in [0, 0.05) is 89.2 Å². The Morgan fingerprint density at radius 3 is 1.14 bits per heavy atom. The molecule has 0 saturated carbocycles. The highest BCUT2D eigenvalue weighted by molar-refractivity contribution is 8.00. The maximum Gasteiger partial charge on any atom is 0.252 e. The molecule has 0 saturated heterocycles. The lowest BCUT2D eigenvalue weighted by Crippen LogP contribution is -2.65. The molecule has 9 heteroatoms. The van der Waals surface area contributed by atoms with Gasteiger partial charge in [-0.05, 0) is 147 Å². The Morgan fingerprint density at radius 1 is 0.323 bits per heavy atom. The highest BCUT2D eigenvalue weighted by atomic mass is 32.2. The molecule has 18 rings (SSSR count). The van der Waals surface area contributed by atoms with Gasteiger partial charge in [0.05, 0.1) is 82.9 Å². The smallest absolute Gasteiger partial charge is 0.252 e. The molecular weight excluding hydrogens is 1150 g/mol. The summed E-state index contributed by atoms with van der Waals surface area (Å²) in [5, 5.41) is 0. The monoisotopic (exact) mass is 1260 g/mol. The van der Waals surface area contributed by atoms with Crippen LogP contribution in [0, 0.1) is 5.82 Å². The van der Waals surface area contributed by atoms with Gasteiger partial charge < -0.3 is 24.5 Å². The molecule has 0 amide bonds. The van der Waals surface area contributed by atoms with Crippen molar-refractivity contribution in [3.63, 3.8) is 0 Å². The molecule has 5 nitrogen and oxygen atoms in total. The van der Waals surface area contributed by atoms with Crippen LogP contribution in [0.15, 0.2) is 348 Å². The van der Waals surface area contributed by atoms with E-state index >= 15 is 4.39 Å². The number of nitrogens with zero attached hydrogens (tertiary/aromatic N) is 5. The summed E-state index contributed by atoms with van der Waals surface area (Å²) in [5.74, 6) is -1.78. The van der Waals surface area contributed by atoms with Crippen LogP contribution in [0.5, 0.6) is 0 Å². The molecular formula is C84H56B2FN5S. The fourth-order valence-electron chi connectivity index (χ4n) is 12.4. The summed E-state index contributed by atoms with van der Waals surface area (Å²) < 4.78 is 479. The normalized spacial score (nSPS) is 20.1. The molecule has 4 heterocycles. The number of halogens is 1. The first-order valence-corrected chi connectivity index (χ1v) is 28.6. The molecule has 0 aliphatic carbocycles. The zero-order valence-corrected chi connectivity index (χ0v) is 47.6. The number of fused-ring (bicyclic) bond motifs is 8. The minimum Gasteiger partial charge on any atom is -0.311 e. The number of para-hydroxylation sites is 9. The van der Waals surface area contributed by atoms with E-state index in [1.54, 1.807) is 0 Å². The molecule has 4 aliphatic rings. The van der Waals surface area contributed by atoms with Gasteiger partial charge in [0.1, 0.15) is 0 Å². The van der Waals surface area contributed by atoms with Crippen molar-refractivity contribution < 1.29 is 70.2 Å². The molecule has 436 valence electrons. The second kappa shape index (κ2) is 22.5. The Hall–Kier alpha value is -11.5. The van der Waals surface area contributed by atoms with Crippen molar-refractivity contribution in [3.8, 4) is 22.3 Å². The van der Waals surface area contributed by atoms with E-state index in [1.807, 2.05) is 0 Å². The van der Waals surface area contributed by atoms with Crippen LogP contribution in [0.2, 0.25) is 0 Å². The summed E-state index contributed by atoms with van der Waals surface area (Å²) in [7, 11) is 0. The number of anilines is 15. The van der Waals surface area contributed by atoms with Crippen molar-refractivity contribution >= 4 is 143 Å². The lowest BCUT2D eigenvalue weighted by molar-refractivity contribution is 0.606. The summed E-state index contributed by atoms with van der Waals surface area (Å²) in [4.78, 5) is 1.86. The van der Waals surface area contributed by atoms with Crippen molar-refractivity contribution in [1.29, 1.82) is 0 Å². The summed E-state index contributed by atoms with van der Waals surface area (Å²) in [5.41, 5.74) is -21.8. The SMILES string of the molecule is [2H]c1c([2H])c([2H])c(-c2cccc(-c3c([2H])c([2H])c([2H])c([2H])c3[2H])c2N2c3cc(N(c4c([2H])c([2H])c([2H])c([2H])c4[2H])c4c([2H])c([2H])c([2H])c([2H])c4[2H])cc4c3B(c3cc5c(c(F)c32)Sc2cc(N(c3c([2H])c([2H])c([2H])c([2H])c3[2H])c3c([2H])c([2H])c([2H])c([2H])c3[2H])cc3c2B5c2c([2H])c([2H])c([2H])c([2H])c2N3c2c([2H])c([2H])c([2H])c([2H])c2[2H])c2c([2H])c([2H])c([2H])c([2H])c2N4c2c([2H])c([2H])c([2H])c([2H])c2[2H])c([2H])c1[2H]. The van der Waals surface area contributed by atoms with Gasteiger partial charge in [0.15, 0.2) is 5.82 Å². The van der Waals surface area contributed by atoms with E-state index in [2.05, 4.69) is 0 Å². The zero-order valence-electron chi connectivity index (χ0n) is 94.8. The maximum atomic E-state index is 22.4. The van der Waals surface area contributed by atoms with Crippen LogP contribution in [0.1, 0.15) is 65.8 Å². The Morgan fingerprint density at radius 2 is 0.688 bits per heavy atom. The van der Waals surface area contributed by atoms with Crippen molar-refractivity contribution in [1.82, 2.24) is 0 Å². The largest absolute Gasteiger partial charge is 0.311 e. The van der Waals surface area contributed by atoms with Crippen molar-refractivity contribution in [2.45, 2.75) is 9.79 Å². The van der Waals surface area contributed by atoms with Gasteiger partial charge in [-0.1, -0.05) is 247 Å². The van der Waals surface area contributed by atoms with Crippen molar-refractivity contribution in [3.05, 3.63) is 344 Å². The van der Waals surface area contributed by atoms with E-state index in [1.165, 1.54) is 0 Å². The molecule has 0 radical (unpaired) electrons. The van der Waals surface area contributed by atoms with Gasteiger partial charge in [0.25, 0.3) is 6.71 Å². The second-order valence-electron chi connectivity index (χ2n) is 20.5.